The minimum absolute atomic E-state index is 0.0523. The number of nitrogens with zero attached hydrogens (tertiary/aromatic N) is 6. The molecule has 1 aliphatic heterocycles. The molecule has 1 aliphatic carbocycles. The topological polar surface area (TPSA) is 70.1 Å². The molecule has 0 bridgehead atoms. The lowest BCUT2D eigenvalue weighted by molar-refractivity contribution is 0.107. The fraction of sp³-hybridized carbons (Fsp3) is 0.519. The predicted octanol–water partition coefficient (Wildman–Crippen LogP) is 4.19. The van der Waals surface area contributed by atoms with Crippen molar-refractivity contribution in [3.05, 3.63) is 58.0 Å². The summed E-state index contributed by atoms with van der Waals surface area (Å²) in [5.41, 5.74) is 5.25. The number of nitriles is 1. The summed E-state index contributed by atoms with van der Waals surface area (Å²) in [4.78, 5) is 17.7. The van der Waals surface area contributed by atoms with E-state index in [4.69, 9.17) is 5.26 Å². The van der Waals surface area contributed by atoms with Gasteiger partial charge in [0.2, 0.25) is 0 Å². The van der Waals surface area contributed by atoms with E-state index in [2.05, 4.69) is 66.0 Å². The molecule has 7 heteroatoms. The van der Waals surface area contributed by atoms with Gasteiger partial charge in [0, 0.05) is 44.3 Å². The zero-order valence-electron chi connectivity index (χ0n) is 20.6. The standard InChI is InChI=1S/C27H34N6O/c1-5-23(22-10-8-21(9-11-22)20-6-7-20)32-15-19(3)33(16-18(32)2)24-14-26(34)30(4)25-17-31(13-12-28)29-27(24)25/h8-11,14,17-20,23H,5-7,13,15-16H2,1-4H3/t18-,19+,23?/m1/s1. The van der Waals surface area contributed by atoms with E-state index < -0.39 is 0 Å². The Bertz CT molecular complexity index is 1280. The maximum absolute atomic E-state index is 12.8. The van der Waals surface area contributed by atoms with Crippen molar-refractivity contribution in [3.63, 3.8) is 0 Å². The molecule has 2 aliphatic rings. The molecule has 3 aromatic rings. The molecule has 1 saturated carbocycles. The fourth-order valence-electron chi connectivity index (χ4n) is 5.60. The summed E-state index contributed by atoms with van der Waals surface area (Å²) >= 11 is 0. The number of hydrogen-bond acceptors (Lipinski definition) is 5. The van der Waals surface area contributed by atoms with Gasteiger partial charge in [0.15, 0.2) is 0 Å². The van der Waals surface area contributed by atoms with E-state index in [1.807, 2.05) is 0 Å². The van der Waals surface area contributed by atoms with Crippen LogP contribution in [0.3, 0.4) is 0 Å². The first-order valence-corrected chi connectivity index (χ1v) is 12.5. The first kappa shape index (κ1) is 22.7. The van der Waals surface area contributed by atoms with Crippen molar-refractivity contribution in [2.75, 3.05) is 18.0 Å². The van der Waals surface area contributed by atoms with Gasteiger partial charge < -0.3 is 9.47 Å². The number of rotatable bonds is 6. The molecule has 0 radical (unpaired) electrons. The first-order valence-electron chi connectivity index (χ1n) is 12.5. The van der Waals surface area contributed by atoms with E-state index in [0.717, 1.165) is 42.1 Å². The third-order valence-corrected chi connectivity index (χ3v) is 7.67. The second-order valence-corrected chi connectivity index (χ2v) is 10.1. The van der Waals surface area contributed by atoms with E-state index in [1.165, 1.54) is 24.0 Å². The fourth-order valence-corrected chi connectivity index (χ4v) is 5.60. The van der Waals surface area contributed by atoms with Crippen LogP contribution < -0.4 is 10.5 Å². The largest absolute Gasteiger partial charge is 0.364 e. The van der Waals surface area contributed by atoms with Crippen LogP contribution in [0, 0.1) is 11.3 Å². The van der Waals surface area contributed by atoms with Gasteiger partial charge in [0.25, 0.3) is 5.56 Å². The molecule has 2 fully saturated rings. The Morgan fingerprint density at radius 2 is 1.88 bits per heavy atom. The number of aromatic nitrogens is 3. The highest BCUT2D eigenvalue weighted by Crippen LogP contribution is 2.41. The molecular weight excluding hydrogens is 424 g/mol. The molecule has 1 unspecified atom stereocenters. The minimum Gasteiger partial charge on any atom is -0.364 e. The van der Waals surface area contributed by atoms with E-state index in [0.29, 0.717) is 12.1 Å². The Balaban J connectivity index is 1.43. The van der Waals surface area contributed by atoms with Crippen LogP contribution in [0.5, 0.6) is 0 Å². The molecule has 3 atom stereocenters. The normalized spacial score (nSPS) is 22.1. The number of benzene rings is 1. The van der Waals surface area contributed by atoms with Gasteiger partial charge in [0.1, 0.15) is 12.1 Å². The Morgan fingerprint density at radius 3 is 2.53 bits per heavy atom. The highest BCUT2D eigenvalue weighted by molar-refractivity contribution is 5.88. The molecule has 0 amide bonds. The Kier molecular flexibility index (Phi) is 5.95. The van der Waals surface area contributed by atoms with Crippen LogP contribution in [0.4, 0.5) is 5.69 Å². The summed E-state index contributed by atoms with van der Waals surface area (Å²) in [6, 6.07) is 14.1. The molecule has 1 saturated heterocycles. The Labute approximate surface area is 201 Å². The van der Waals surface area contributed by atoms with Crippen molar-refractivity contribution in [2.24, 2.45) is 7.05 Å². The van der Waals surface area contributed by atoms with Crippen LogP contribution in [-0.4, -0.2) is 44.4 Å². The molecular formula is C27H34N6O. The first-order chi connectivity index (χ1) is 16.4. The van der Waals surface area contributed by atoms with E-state index in [-0.39, 0.29) is 18.1 Å². The summed E-state index contributed by atoms with van der Waals surface area (Å²) in [5, 5.41) is 13.8. The molecule has 5 rings (SSSR count). The minimum atomic E-state index is -0.0523. The maximum Gasteiger partial charge on any atom is 0.252 e. The van der Waals surface area contributed by atoms with E-state index in [9.17, 15) is 4.79 Å². The van der Waals surface area contributed by atoms with E-state index >= 15 is 0 Å². The summed E-state index contributed by atoms with van der Waals surface area (Å²) in [5.74, 6) is 0.781. The highest BCUT2D eigenvalue weighted by atomic mass is 16.1. The molecule has 0 N–H and O–H groups in total. The lowest BCUT2D eigenvalue weighted by Crippen LogP contribution is -2.57. The maximum atomic E-state index is 12.8. The summed E-state index contributed by atoms with van der Waals surface area (Å²) in [7, 11) is 1.76. The Hall–Kier alpha value is -3.11. The van der Waals surface area contributed by atoms with Crippen LogP contribution in [0.2, 0.25) is 0 Å². The van der Waals surface area contributed by atoms with Crippen molar-refractivity contribution in [3.8, 4) is 6.07 Å². The average Bonchev–Trinajstić information content (AvgIpc) is 3.59. The molecule has 3 heterocycles. The predicted molar refractivity (Wildman–Crippen MR) is 135 cm³/mol. The van der Waals surface area contributed by atoms with Gasteiger partial charge >= 0.3 is 0 Å². The lowest BCUT2D eigenvalue weighted by Gasteiger charge is -2.48. The number of aryl methyl sites for hydroxylation is 1. The van der Waals surface area contributed by atoms with Crippen molar-refractivity contribution < 1.29 is 0 Å². The van der Waals surface area contributed by atoms with Gasteiger partial charge in [-0.15, -0.1) is 0 Å². The van der Waals surface area contributed by atoms with Crippen molar-refractivity contribution in [1.29, 1.82) is 5.26 Å². The number of piperazine rings is 1. The van der Waals surface area contributed by atoms with Crippen LogP contribution in [0.1, 0.15) is 63.1 Å². The smallest absolute Gasteiger partial charge is 0.252 e. The third kappa shape index (κ3) is 4.01. The van der Waals surface area contributed by atoms with Gasteiger partial charge in [0.05, 0.1) is 23.5 Å². The van der Waals surface area contributed by atoms with Gasteiger partial charge in [-0.3, -0.25) is 14.4 Å². The number of anilines is 1. The number of pyridine rings is 1. The lowest BCUT2D eigenvalue weighted by atomic mass is 9.96. The number of fused-ring (bicyclic) bond motifs is 1. The van der Waals surface area contributed by atoms with Gasteiger partial charge in [-0.05, 0) is 50.2 Å². The monoisotopic (exact) mass is 458 g/mol. The van der Waals surface area contributed by atoms with Gasteiger partial charge in [-0.2, -0.15) is 10.4 Å². The zero-order chi connectivity index (χ0) is 24.0. The molecule has 7 nitrogen and oxygen atoms in total. The van der Waals surface area contributed by atoms with Crippen LogP contribution >= 0.6 is 0 Å². The quantitative estimate of drug-likeness (QED) is 0.554. The van der Waals surface area contributed by atoms with Crippen molar-refractivity contribution in [1.82, 2.24) is 19.2 Å². The molecule has 34 heavy (non-hydrogen) atoms. The highest BCUT2D eigenvalue weighted by Gasteiger charge is 2.35. The molecule has 1 aromatic carbocycles. The molecule has 178 valence electrons. The van der Waals surface area contributed by atoms with Crippen LogP contribution in [-0.2, 0) is 13.6 Å². The second-order valence-electron chi connectivity index (χ2n) is 10.1. The third-order valence-electron chi connectivity index (χ3n) is 7.67. The summed E-state index contributed by atoms with van der Waals surface area (Å²) in [6.45, 7) is 8.70. The average molecular weight is 459 g/mol. The van der Waals surface area contributed by atoms with Crippen LogP contribution in [0.15, 0.2) is 41.3 Å². The number of hydrogen-bond donors (Lipinski definition) is 0. The Morgan fingerprint density at radius 1 is 1.15 bits per heavy atom. The zero-order valence-corrected chi connectivity index (χ0v) is 20.6. The SMILES string of the molecule is CCC(c1ccc(C2CC2)cc1)N1C[C@H](C)N(c2cc(=O)n(C)c3cn(CC#N)nc23)C[C@H]1C. The van der Waals surface area contributed by atoms with E-state index in [1.54, 1.807) is 28.6 Å². The summed E-state index contributed by atoms with van der Waals surface area (Å²) in [6.07, 6.45) is 5.52. The summed E-state index contributed by atoms with van der Waals surface area (Å²) < 4.78 is 3.23. The van der Waals surface area contributed by atoms with Crippen molar-refractivity contribution >= 4 is 16.7 Å². The van der Waals surface area contributed by atoms with Crippen molar-refractivity contribution in [2.45, 2.75) is 70.6 Å². The second kappa shape index (κ2) is 8.92. The van der Waals surface area contributed by atoms with Gasteiger partial charge in [-0.25, -0.2) is 0 Å². The molecule has 0 spiro atoms. The van der Waals surface area contributed by atoms with Crippen LogP contribution in [0.25, 0.3) is 11.0 Å². The molecule has 2 aromatic heterocycles. The van der Waals surface area contributed by atoms with Gasteiger partial charge in [-0.1, -0.05) is 31.2 Å².